The number of sulfonamides is 1. The minimum Gasteiger partial charge on any atom is -0.495 e. The Balaban J connectivity index is 0.00000441. The van der Waals surface area contributed by atoms with E-state index in [4.69, 9.17) is 4.74 Å². The lowest BCUT2D eigenvalue weighted by Crippen LogP contribution is -2.43. The van der Waals surface area contributed by atoms with Crippen molar-refractivity contribution in [3.05, 3.63) is 39.9 Å². The SMILES string of the molecule is C.COc1cc(C(=O)NC2CCN(C)CC2)c(F)cc1Nc1ncc(Br)c(C[C@@H]2CCC[C@H]2N(C)S(C)(=O)=O)n1. The Kier molecular flexibility index (Phi) is 10.9. The highest BCUT2D eigenvalue weighted by Crippen LogP contribution is 2.35. The summed E-state index contributed by atoms with van der Waals surface area (Å²) in [6, 6.07) is 2.50. The van der Waals surface area contributed by atoms with Gasteiger partial charge in [0.2, 0.25) is 16.0 Å². The van der Waals surface area contributed by atoms with E-state index in [0.29, 0.717) is 10.9 Å². The van der Waals surface area contributed by atoms with Crippen LogP contribution in [-0.2, 0) is 16.4 Å². The number of carbonyl (C=O) groups excluding carboxylic acids is 1. The Morgan fingerprint density at radius 3 is 2.60 bits per heavy atom. The van der Waals surface area contributed by atoms with E-state index >= 15 is 4.39 Å². The molecule has 1 saturated carbocycles. The van der Waals surface area contributed by atoms with E-state index in [0.717, 1.165) is 50.9 Å². The molecule has 4 rings (SSSR count). The maximum absolute atomic E-state index is 15.1. The number of nitrogens with one attached hydrogen (secondary N) is 2. The minimum absolute atomic E-state index is 0. The first-order valence-corrected chi connectivity index (χ1v) is 15.7. The third kappa shape index (κ3) is 7.68. The molecule has 0 spiro atoms. The smallest absolute Gasteiger partial charge is 0.254 e. The summed E-state index contributed by atoms with van der Waals surface area (Å²) in [5, 5.41) is 5.95. The summed E-state index contributed by atoms with van der Waals surface area (Å²) in [6.45, 7) is 1.76. The van der Waals surface area contributed by atoms with Gasteiger partial charge in [0, 0.05) is 31.4 Å². The van der Waals surface area contributed by atoms with Crippen LogP contribution in [0.15, 0.2) is 22.8 Å². The molecule has 1 aromatic carbocycles. The number of amides is 1. The van der Waals surface area contributed by atoms with Crippen LogP contribution in [-0.4, -0.2) is 86.1 Å². The molecular formula is C27H40BrFN6O4S. The van der Waals surface area contributed by atoms with E-state index in [2.05, 4.69) is 41.4 Å². The van der Waals surface area contributed by atoms with Crippen molar-refractivity contribution in [1.82, 2.24) is 24.5 Å². The van der Waals surface area contributed by atoms with Crippen LogP contribution in [0, 0.1) is 11.7 Å². The van der Waals surface area contributed by atoms with Gasteiger partial charge in [0.15, 0.2) is 0 Å². The van der Waals surface area contributed by atoms with Gasteiger partial charge in [-0.1, -0.05) is 13.8 Å². The van der Waals surface area contributed by atoms with Crippen LogP contribution in [0.5, 0.6) is 5.75 Å². The highest BCUT2D eigenvalue weighted by atomic mass is 79.9. The molecule has 1 aliphatic heterocycles. The Bertz CT molecular complexity index is 1310. The van der Waals surface area contributed by atoms with Gasteiger partial charge in [-0.05, 0) is 80.2 Å². The highest BCUT2D eigenvalue weighted by molar-refractivity contribution is 9.10. The number of aromatic nitrogens is 2. The number of methoxy groups -OCH3 is 1. The number of carbonyl (C=O) groups is 1. The monoisotopic (exact) mass is 642 g/mol. The first kappa shape index (κ1) is 32.2. The second-order valence-corrected chi connectivity index (χ2v) is 13.3. The topological polar surface area (TPSA) is 117 Å². The molecule has 40 heavy (non-hydrogen) atoms. The standard InChI is InChI=1S/C26H36BrFN6O4S.CH4/c1-33-10-8-17(9-11-33)30-25(35)18-13-24(38-3)22(14-20(18)28)32-26-29-15-19(27)21(31-26)12-16-6-5-7-23(16)34(2)39(4,36)37;/h13-17,23H,5-12H2,1-4H3,(H,30,35)(H,29,31,32);1H4/t16-,23+;/m0./s1. The molecule has 1 saturated heterocycles. The van der Waals surface area contributed by atoms with E-state index in [1.54, 1.807) is 13.2 Å². The van der Waals surface area contributed by atoms with Crippen LogP contribution < -0.4 is 15.4 Å². The van der Waals surface area contributed by atoms with Gasteiger partial charge in [-0.2, -0.15) is 0 Å². The molecule has 2 fully saturated rings. The Labute approximate surface area is 245 Å². The van der Waals surface area contributed by atoms with E-state index < -0.39 is 21.7 Å². The van der Waals surface area contributed by atoms with Gasteiger partial charge in [-0.25, -0.2) is 27.1 Å². The normalized spacial score (nSPS) is 20.3. The summed E-state index contributed by atoms with van der Waals surface area (Å²) in [7, 11) is 1.80. The Morgan fingerprint density at radius 2 is 1.95 bits per heavy atom. The zero-order valence-electron chi connectivity index (χ0n) is 22.7. The second-order valence-electron chi connectivity index (χ2n) is 10.4. The third-order valence-corrected chi connectivity index (χ3v) is 9.69. The summed E-state index contributed by atoms with van der Waals surface area (Å²) < 4.78 is 47.0. The summed E-state index contributed by atoms with van der Waals surface area (Å²) in [5.41, 5.74) is 0.922. The van der Waals surface area contributed by atoms with Crippen molar-refractivity contribution >= 4 is 43.5 Å². The number of halogens is 2. The van der Waals surface area contributed by atoms with Crippen LogP contribution in [0.2, 0.25) is 0 Å². The predicted octanol–water partition coefficient (Wildman–Crippen LogP) is 4.19. The van der Waals surface area contributed by atoms with Gasteiger partial charge in [0.1, 0.15) is 11.6 Å². The van der Waals surface area contributed by atoms with Gasteiger partial charge < -0.3 is 20.3 Å². The van der Waals surface area contributed by atoms with Crippen LogP contribution in [0.1, 0.15) is 55.6 Å². The minimum atomic E-state index is -3.31. The number of rotatable bonds is 9. The molecule has 222 valence electrons. The number of nitrogens with zero attached hydrogens (tertiary/aromatic N) is 4. The lowest BCUT2D eigenvalue weighted by molar-refractivity contribution is 0.0912. The molecule has 1 amide bonds. The lowest BCUT2D eigenvalue weighted by atomic mass is 9.97. The molecular weight excluding hydrogens is 603 g/mol. The summed E-state index contributed by atoms with van der Waals surface area (Å²) in [4.78, 5) is 24.0. The van der Waals surface area contributed by atoms with Crippen molar-refractivity contribution in [3.8, 4) is 5.75 Å². The molecule has 0 bridgehead atoms. The van der Waals surface area contributed by atoms with Crippen LogP contribution in [0.3, 0.4) is 0 Å². The van der Waals surface area contributed by atoms with Crippen molar-refractivity contribution in [3.63, 3.8) is 0 Å². The number of anilines is 2. The molecule has 2 aliphatic rings. The van der Waals surface area contributed by atoms with E-state index in [-0.39, 0.29) is 48.4 Å². The molecule has 2 atom stereocenters. The predicted molar refractivity (Wildman–Crippen MR) is 158 cm³/mol. The number of piperidine rings is 1. The maximum Gasteiger partial charge on any atom is 0.254 e. The van der Waals surface area contributed by atoms with Gasteiger partial charge in [0.05, 0.1) is 34.8 Å². The molecule has 10 nitrogen and oxygen atoms in total. The Hall–Kier alpha value is -2.35. The Morgan fingerprint density at radius 1 is 1.25 bits per heavy atom. The van der Waals surface area contributed by atoms with E-state index in [9.17, 15) is 13.2 Å². The molecule has 13 heteroatoms. The summed E-state index contributed by atoms with van der Waals surface area (Å²) in [6.07, 6.45) is 7.66. The van der Waals surface area contributed by atoms with E-state index in [1.165, 1.54) is 29.8 Å². The molecule has 2 aromatic rings. The lowest BCUT2D eigenvalue weighted by Gasteiger charge is -2.29. The number of likely N-dealkylation sites (tertiary alicyclic amines) is 1. The molecule has 2 heterocycles. The molecule has 2 N–H and O–H groups in total. The first-order valence-electron chi connectivity index (χ1n) is 13.0. The van der Waals surface area contributed by atoms with Gasteiger partial charge in [0.25, 0.3) is 5.91 Å². The fourth-order valence-corrected chi connectivity index (χ4v) is 6.49. The molecule has 1 aliphatic carbocycles. The summed E-state index contributed by atoms with van der Waals surface area (Å²) >= 11 is 3.51. The average molecular weight is 644 g/mol. The molecule has 0 radical (unpaired) electrons. The number of ether oxygens (including phenoxy) is 1. The fourth-order valence-electron chi connectivity index (χ4n) is 5.36. The second kappa shape index (κ2) is 13.5. The zero-order chi connectivity index (χ0) is 28.3. The van der Waals surface area contributed by atoms with Crippen LogP contribution >= 0.6 is 15.9 Å². The van der Waals surface area contributed by atoms with Crippen molar-refractivity contribution in [2.45, 2.75) is 58.0 Å². The third-order valence-electron chi connectivity index (χ3n) is 7.72. The first-order chi connectivity index (χ1) is 18.5. The van der Waals surface area contributed by atoms with Crippen molar-refractivity contribution in [1.29, 1.82) is 0 Å². The van der Waals surface area contributed by atoms with Gasteiger partial charge in [-0.3, -0.25) is 4.79 Å². The number of hydrogen-bond acceptors (Lipinski definition) is 8. The summed E-state index contributed by atoms with van der Waals surface area (Å²) in [5.74, 6) is -0.528. The van der Waals surface area contributed by atoms with Crippen LogP contribution in [0.4, 0.5) is 16.0 Å². The number of benzene rings is 1. The highest BCUT2D eigenvalue weighted by Gasteiger charge is 2.35. The maximum atomic E-state index is 15.1. The number of hydrogen-bond donors (Lipinski definition) is 2. The van der Waals surface area contributed by atoms with Crippen molar-refractivity contribution in [2.24, 2.45) is 5.92 Å². The zero-order valence-corrected chi connectivity index (χ0v) is 25.1. The van der Waals surface area contributed by atoms with Crippen molar-refractivity contribution < 1.29 is 22.3 Å². The largest absolute Gasteiger partial charge is 0.495 e. The fraction of sp³-hybridized carbons (Fsp3) is 0.593. The quantitative estimate of drug-likeness (QED) is 0.418. The van der Waals surface area contributed by atoms with Crippen LogP contribution in [0.25, 0.3) is 0 Å². The van der Waals surface area contributed by atoms with Gasteiger partial charge in [-0.15, -0.1) is 0 Å². The average Bonchev–Trinajstić information content (AvgIpc) is 3.34. The van der Waals surface area contributed by atoms with Gasteiger partial charge >= 0.3 is 0 Å². The van der Waals surface area contributed by atoms with Crippen molar-refractivity contribution in [2.75, 3.05) is 45.9 Å². The van der Waals surface area contributed by atoms with E-state index in [1.807, 2.05) is 7.05 Å². The molecule has 0 unspecified atom stereocenters. The molecule has 1 aromatic heterocycles.